The van der Waals surface area contributed by atoms with Crippen LogP contribution in [0.4, 0.5) is 0 Å². The molecule has 1 N–H and O–H groups in total. The van der Waals surface area contributed by atoms with Gasteiger partial charge in [0.05, 0.1) is 0 Å². The van der Waals surface area contributed by atoms with Crippen molar-refractivity contribution in [3.05, 3.63) is 0 Å². The van der Waals surface area contributed by atoms with E-state index in [0.717, 1.165) is 19.6 Å². The molecule has 0 bridgehead atoms. The number of hydrogen-bond donors (Lipinski definition) is 1. The summed E-state index contributed by atoms with van der Waals surface area (Å²) in [4.78, 5) is 0. The first-order valence-corrected chi connectivity index (χ1v) is 3.97. The molecule has 1 heterocycles. The third-order valence-corrected chi connectivity index (χ3v) is 2.28. The van der Waals surface area contributed by atoms with Gasteiger partial charge < -0.3 is 9.84 Å². The molecule has 1 aliphatic heterocycles. The van der Waals surface area contributed by atoms with Gasteiger partial charge in [-0.3, -0.25) is 0 Å². The lowest BCUT2D eigenvalue weighted by atomic mass is 9.85. The highest BCUT2D eigenvalue weighted by Crippen LogP contribution is 2.24. The molecule has 0 aromatic heterocycles. The Labute approximate surface area is 67.6 Å². The van der Waals surface area contributed by atoms with Crippen LogP contribution < -0.4 is 0 Å². The molecule has 2 heteroatoms. The zero-order chi connectivity index (χ0) is 8.27. The van der Waals surface area contributed by atoms with Crippen LogP contribution in [0.15, 0.2) is 0 Å². The Morgan fingerprint density at radius 1 is 1.73 bits per heavy atom. The molecule has 1 rings (SSSR count). The van der Waals surface area contributed by atoms with Crippen molar-refractivity contribution in [1.29, 1.82) is 0 Å². The summed E-state index contributed by atoms with van der Waals surface area (Å²) in [6.07, 6.45) is 5.42. The topological polar surface area (TPSA) is 29.5 Å². The summed E-state index contributed by atoms with van der Waals surface area (Å²) >= 11 is 0. The van der Waals surface area contributed by atoms with Crippen LogP contribution in [0.3, 0.4) is 0 Å². The maximum Gasteiger partial charge on any atom is 0.117 e. The van der Waals surface area contributed by atoms with Crippen molar-refractivity contribution in [3.8, 4) is 12.3 Å². The highest BCUT2D eigenvalue weighted by Gasteiger charge is 2.26. The zero-order valence-corrected chi connectivity index (χ0v) is 6.79. The van der Waals surface area contributed by atoms with E-state index in [1.54, 1.807) is 0 Å². The molecule has 0 aliphatic carbocycles. The van der Waals surface area contributed by atoms with E-state index in [1.807, 2.05) is 0 Å². The van der Waals surface area contributed by atoms with E-state index in [1.165, 1.54) is 0 Å². The summed E-state index contributed by atoms with van der Waals surface area (Å²) in [6, 6.07) is 0. The first-order chi connectivity index (χ1) is 5.25. The molecule has 11 heavy (non-hydrogen) atoms. The molecular formula is C9H14O2. The van der Waals surface area contributed by atoms with Gasteiger partial charge in [-0.05, 0) is 12.3 Å². The number of terminal acetylenes is 1. The predicted octanol–water partition coefficient (Wildman–Crippen LogP) is 0.653. The molecule has 3 atom stereocenters. The smallest absolute Gasteiger partial charge is 0.117 e. The number of rotatable bonds is 1. The van der Waals surface area contributed by atoms with Crippen LogP contribution in [0.25, 0.3) is 0 Å². The van der Waals surface area contributed by atoms with Crippen LogP contribution in [0.5, 0.6) is 0 Å². The standard InChI is InChI=1S/C9H14O2/c1-3-9(10)8-4-5-11-6-7(8)2/h1,7-10H,4-6H2,2H3. The van der Waals surface area contributed by atoms with E-state index in [4.69, 9.17) is 11.2 Å². The van der Waals surface area contributed by atoms with Crippen molar-refractivity contribution in [2.75, 3.05) is 13.2 Å². The van der Waals surface area contributed by atoms with Crippen LogP contribution in [0, 0.1) is 24.2 Å². The Hall–Kier alpha value is -0.520. The van der Waals surface area contributed by atoms with Crippen molar-refractivity contribution in [2.24, 2.45) is 11.8 Å². The highest BCUT2D eigenvalue weighted by atomic mass is 16.5. The van der Waals surface area contributed by atoms with Crippen LogP contribution in [0.2, 0.25) is 0 Å². The summed E-state index contributed by atoms with van der Waals surface area (Å²) in [7, 11) is 0. The molecule has 0 spiro atoms. The van der Waals surface area contributed by atoms with Gasteiger partial charge in [-0.2, -0.15) is 0 Å². The molecule has 1 aliphatic rings. The maximum absolute atomic E-state index is 9.36. The van der Waals surface area contributed by atoms with Gasteiger partial charge in [0.2, 0.25) is 0 Å². The summed E-state index contributed by atoms with van der Waals surface area (Å²) in [5.41, 5.74) is 0. The lowest BCUT2D eigenvalue weighted by molar-refractivity contribution is -0.0126. The Morgan fingerprint density at radius 3 is 3.00 bits per heavy atom. The lowest BCUT2D eigenvalue weighted by Gasteiger charge is -2.30. The van der Waals surface area contributed by atoms with E-state index >= 15 is 0 Å². The fourth-order valence-electron chi connectivity index (χ4n) is 1.49. The average molecular weight is 154 g/mol. The molecule has 3 unspecified atom stereocenters. The summed E-state index contributed by atoms with van der Waals surface area (Å²) in [6.45, 7) is 3.52. The number of ether oxygens (including phenoxy) is 1. The zero-order valence-electron chi connectivity index (χ0n) is 6.79. The van der Waals surface area contributed by atoms with Gasteiger partial charge in [0.1, 0.15) is 6.10 Å². The second kappa shape index (κ2) is 3.75. The van der Waals surface area contributed by atoms with E-state index in [9.17, 15) is 5.11 Å². The molecule has 0 aromatic rings. The molecule has 62 valence electrons. The van der Waals surface area contributed by atoms with E-state index in [2.05, 4.69) is 12.8 Å². The molecule has 1 saturated heterocycles. The molecule has 0 amide bonds. The van der Waals surface area contributed by atoms with E-state index in [0.29, 0.717) is 5.92 Å². The number of aliphatic hydroxyl groups excluding tert-OH is 1. The first kappa shape index (κ1) is 8.58. The van der Waals surface area contributed by atoms with Crippen LogP contribution in [-0.4, -0.2) is 24.4 Å². The summed E-state index contributed by atoms with van der Waals surface area (Å²) in [5, 5.41) is 9.36. The van der Waals surface area contributed by atoms with Gasteiger partial charge in [0.25, 0.3) is 0 Å². The van der Waals surface area contributed by atoms with Crippen molar-refractivity contribution < 1.29 is 9.84 Å². The third kappa shape index (κ3) is 1.95. The summed E-state index contributed by atoms with van der Waals surface area (Å²) in [5.74, 6) is 2.98. The molecule has 1 fully saturated rings. The van der Waals surface area contributed by atoms with Gasteiger partial charge in [-0.25, -0.2) is 0 Å². The summed E-state index contributed by atoms with van der Waals surface area (Å²) < 4.78 is 5.23. The monoisotopic (exact) mass is 154 g/mol. The van der Waals surface area contributed by atoms with Crippen molar-refractivity contribution >= 4 is 0 Å². The highest BCUT2D eigenvalue weighted by molar-refractivity contribution is 4.98. The van der Waals surface area contributed by atoms with Gasteiger partial charge >= 0.3 is 0 Å². The molecule has 0 aromatic carbocycles. The minimum atomic E-state index is -0.589. The van der Waals surface area contributed by atoms with Crippen LogP contribution in [-0.2, 0) is 4.74 Å². The van der Waals surface area contributed by atoms with Crippen LogP contribution >= 0.6 is 0 Å². The predicted molar refractivity (Wildman–Crippen MR) is 42.9 cm³/mol. The van der Waals surface area contributed by atoms with Gasteiger partial charge in [-0.15, -0.1) is 6.42 Å². The van der Waals surface area contributed by atoms with Crippen molar-refractivity contribution in [1.82, 2.24) is 0 Å². The molecule has 2 nitrogen and oxygen atoms in total. The number of hydrogen-bond acceptors (Lipinski definition) is 2. The van der Waals surface area contributed by atoms with E-state index in [-0.39, 0.29) is 5.92 Å². The minimum absolute atomic E-state index is 0.230. The Morgan fingerprint density at radius 2 is 2.45 bits per heavy atom. The van der Waals surface area contributed by atoms with Gasteiger partial charge in [-0.1, -0.05) is 12.8 Å². The van der Waals surface area contributed by atoms with Crippen LogP contribution in [0.1, 0.15) is 13.3 Å². The Balaban J connectivity index is 2.48. The van der Waals surface area contributed by atoms with Crippen molar-refractivity contribution in [2.45, 2.75) is 19.4 Å². The Kier molecular flexibility index (Phi) is 2.92. The molecular weight excluding hydrogens is 140 g/mol. The quantitative estimate of drug-likeness (QED) is 0.562. The fraction of sp³-hybridized carbons (Fsp3) is 0.778. The second-order valence-corrected chi connectivity index (χ2v) is 3.12. The van der Waals surface area contributed by atoms with Crippen molar-refractivity contribution in [3.63, 3.8) is 0 Å². The normalized spacial score (nSPS) is 34.3. The molecule has 0 saturated carbocycles. The number of aliphatic hydroxyl groups is 1. The SMILES string of the molecule is C#CC(O)C1CCOCC1C. The fourth-order valence-corrected chi connectivity index (χ4v) is 1.49. The van der Waals surface area contributed by atoms with E-state index < -0.39 is 6.10 Å². The Bertz CT molecular complexity index is 159. The lowest BCUT2D eigenvalue weighted by Crippen LogP contribution is -2.33. The van der Waals surface area contributed by atoms with Gasteiger partial charge in [0.15, 0.2) is 0 Å². The second-order valence-electron chi connectivity index (χ2n) is 3.12. The average Bonchev–Trinajstić information content (AvgIpc) is 2.04. The largest absolute Gasteiger partial charge is 0.381 e. The van der Waals surface area contributed by atoms with Gasteiger partial charge in [0, 0.05) is 19.1 Å². The molecule has 0 radical (unpaired) electrons. The maximum atomic E-state index is 9.36. The third-order valence-electron chi connectivity index (χ3n) is 2.28. The minimum Gasteiger partial charge on any atom is -0.381 e. The first-order valence-electron chi connectivity index (χ1n) is 3.97.